The van der Waals surface area contributed by atoms with Crippen molar-refractivity contribution < 1.29 is 9.53 Å². The number of carbonyl (C=O) groups is 1. The van der Waals surface area contributed by atoms with Crippen LogP contribution in [0.15, 0.2) is 24.3 Å². The van der Waals surface area contributed by atoms with Crippen LogP contribution in [0.2, 0.25) is 5.02 Å². The Morgan fingerprint density at radius 1 is 1.47 bits per heavy atom. The zero-order valence-corrected chi connectivity index (χ0v) is 10.8. The Balaban J connectivity index is 2.49. The number of rotatable bonds is 2. The first kappa shape index (κ1) is 12.4. The van der Waals surface area contributed by atoms with Gasteiger partial charge in [0, 0.05) is 10.6 Å². The number of halogens is 1. The third-order valence-electron chi connectivity index (χ3n) is 3.26. The normalized spacial score (nSPS) is 28.9. The lowest BCUT2D eigenvalue weighted by Gasteiger charge is -2.38. The Morgan fingerprint density at radius 3 is 2.82 bits per heavy atom. The van der Waals surface area contributed by atoms with Crippen molar-refractivity contribution >= 4 is 17.6 Å². The summed E-state index contributed by atoms with van der Waals surface area (Å²) < 4.78 is 5.25. The molecule has 0 aromatic heterocycles. The molecular weight excluding hydrogens is 238 g/mol. The molecule has 0 amide bonds. The van der Waals surface area contributed by atoms with Crippen LogP contribution in [0.1, 0.15) is 18.9 Å². The van der Waals surface area contributed by atoms with Crippen LogP contribution in [0, 0.1) is 5.92 Å². The predicted octanol–water partition coefficient (Wildman–Crippen LogP) is 2.34. The smallest absolute Gasteiger partial charge is 0.331 e. The lowest BCUT2D eigenvalue weighted by atomic mass is 9.80. The van der Waals surface area contributed by atoms with Gasteiger partial charge >= 0.3 is 5.97 Å². The van der Waals surface area contributed by atoms with Gasteiger partial charge in [0.15, 0.2) is 0 Å². The highest BCUT2D eigenvalue weighted by molar-refractivity contribution is 6.31. The van der Waals surface area contributed by atoms with Gasteiger partial charge in [0.2, 0.25) is 0 Å². The molecular formula is C13H16ClNO2. The van der Waals surface area contributed by atoms with Gasteiger partial charge < -0.3 is 10.1 Å². The number of esters is 1. The zero-order valence-electron chi connectivity index (χ0n) is 10.00. The number of carbonyl (C=O) groups excluding carboxylic acids is 1. The van der Waals surface area contributed by atoms with Crippen molar-refractivity contribution in [3.63, 3.8) is 0 Å². The highest BCUT2D eigenvalue weighted by Crippen LogP contribution is 2.37. The Kier molecular flexibility index (Phi) is 3.40. The van der Waals surface area contributed by atoms with Gasteiger partial charge in [0.25, 0.3) is 0 Å². The van der Waals surface area contributed by atoms with Gasteiger partial charge in [0.1, 0.15) is 5.54 Å². The second-order valence-corrected chi connectivity index (χ2v) is 4.95. The molecule has 1 heterocycles. The summed E-state index contributed by atoms with van der Waals surface area (Å²) in [5.41, 5.74) is -0.0172. The molecule has 1 aromatic rings. The van der Waals surface area contributed by atoms with Crippen molar-refractivity contribution in [1.82, 2.24) is 5.32 Å². The van der Waals surface area contributed by atoms with E-state index in [-0.39, 0.29) is 5.97 Å². The Hall–Kier alpha value is -1.06. The van der Waals surface area contributed by atoms with Gasteiger partial charge in [-0.05, 0) is 25.5 Å². The van der Waals surface area contributed by atoms with E-state index in [1.807, 2.05) is 18.2 Å². The minimum Gasteiger partial charge on any atom is -0.464 e. The third kappa shape index (κ3) is 2.05. The molecule has 17 heavy (non-hydrogen) atoms. The molecule has 1 aliphatic heterocycles. The largest absolute Gasteiger partial charge is 0.464 e. The summed E-state index contributed by atoms with van der Waals surface area (Å²) in [7, 11) is 1.77. The average molecular weight is 254 g/mol. The van der Waals surface area contributed by atoms with Gasteiger partial charge in [-0.3, -0.25) is 0 Å². The second-order valence-electron chi connectivity index (χ2n) is 4.54. The number of nitrogens with one attached hydrogen (secondary N) is 1. The Bertz CT molecular complexity index is 435. The molecule has 0 unspecified atom stereocenters. The fourth-order valence-corrected chi connectivity index (χ4v) is 2.67. The molecule has 1 N–H and O–H groups in total. The van der Waals surface area contributed by atoms with Gasteiger partial charge in [0.05, 0.1) is 6.61 Å². The number of likely N-dealkylation sites (N-methyl/N-ethyl adjacent to an activating group) is 1. The quantitative estimate of drug-likeness (QED) is 0.823. The van der Waals surface area contributed by atoms with E-state index in [4.69, 9.17) is 16.3 Å². The van der Waals surface area contributed by atoms with E-state index < -0.39 is 5.54 Å². The van der Waals surface area contributed by atoms with Crippen molar-refractivity contribution in [2.45, 2.75) is 18.9 Å². The SMILES string of the molecule is CN[C@@]1(c2ccccc2Cl)C[C@H](C)COC1=O. The molecule has 4 heteroatoms. The average Bonchev–Trinajstić information content (AvgIpc) is 2.33. The van der Waals surface area contributed by atoms with E-state index in [0.717, 1.165) is 5.56 Å². The molecule has 0 radical (unpaired) electrons. The summed E-state index contributed by atoms with van der Waals surface area (Å²) >= 11 is 6.19. The van der Waals surface area contributed by atoms with Gasteiger partial charge in [-0.15, -0.1) is 0 Å². The fourth-order valence-electron chi connectivity index (χ4n) is 2.37. The molecule has 2 atom stereocenters. The summed E-state index contributed by atoms with van der Waals surface area (Å²) in [6, 6.07) is 7.40. The summed E-state index contributed by atoms with van der Waals surface area (Å²) in [4.78, 5) is 12.1. The van der Waals surface area contributed by atoms with Crippen LogP contribution in [-0.2, 0) is 15.1 Å². The number of ether oxygens (including phenoxy) is 1. The molecule has 1 saturated heterocycles. The van der Waals surface area contributed by atoms with Crippen LogP contribution in [-0.4, -0.2) is 19.6 Å². The van der Waals surface area contributed by atoms with Crippen LogP contribution < -0.4 is 5.32 Å². The molecule has 0 bridgehead atoms. The van der Waals surface area contributed by atoms with Gasteiger partial charge in [-0.25, -0.2) is 4.79 Å². The summed E-state index contributed by atoms with van der Waals surface area (Å²) in [5, 5.41) is 3.69. The van der Waals surface area contributed by atoms with E-state index in [1.165, 1.54) is 0 Å². The molecule has 1 aliphatic rings. The predicted molar refractivity (Wildman–Crippen MR) is 66.9 cm³/mol. The van der Waals surface area contributed by atoms with Crippen LogP contribution in [0.25, 0.3) is 0 Å². The summed E-state index contributed by atoms with van der Waals surface area (Å²) in [6.07, 6.45) is 0.700. The van der Waals surface area contributed by atoms with Crippen LogP contribution in [0.5, 0.6) is 0 Å². The minimum atomic E-state index is -0.810. The van der Waals surface area contributed by atoms with E-state index in [9.17, 15) is 4.79 Å². The first-order valence-corrected chi connectivity index (χ1v) is 6.09. The molecule has 1 fully saturated rings. The monoisotopic (exact) mass is 253 g/mol. The molecule has 0 spiro atoms. The van der Waals surface area contributed by atoms with Crippen LogP contribution in [0.4, 0.5) is 0 Å². The third-order valence-corrected chi connectivity index (χ3v) is 3.59. The highest BCUT2D eigenvalue weighted by atomic mass is 35.5. The number of benzene rings is 1. The maximum absolute atomic E-state index is 12.1. The van der Waals surface area contributed by atoms with Gasteiger partial charge in [-0.1, -0.05) is 36.7 Å². The fraction of sp³-hybridized carbons (Fsp3) is 0.462. The van der Waals surface area contributed by atoms with E-state index in [1.54, 1.807) is 13.1 Å². The lowest BCUT2D eigenvalue weighted by Crippen LogP contribution is -2.53. The van der Waals surface area contributed by atoms with Crippen LogP contribution in [0.3, 0.4) is 0 Å². The number of hydrogen-bond acceptors (Lipinski definition) is 3. The second kappa shape index (κ2) is 4.67. The summed E-state index contributed by atoms with van der Waals surface area (Å²) in [5.74, 6) is 0.0719. The lowest BCUT2D eigenvalue weighted by molar-refractivity contribution is -0.160. The maximum Gasteiger partial charge on any atom is 0.331 e. The number of cyclic esters (lactones) is 1. The topological polar surface area (TPSA) is 38.3 Å². The first-order valence-electron chi connectivity index (χ1n) is 5.71. The van der Waals surface area contributed by atoms with Crippen molar-refractivity contribution in [2.75, 3.05) is 13.7 Å². The molecule has 92 valence electrons. The first-order chi connectivity index (χ1) is 8.10. The number of hydrogen-bond donors (Lipinski definition) is 1. The van der Waals surface area contributed by atoms with Crippen LogP contribution >= 0.6 is 11.6 Å². The van der Waals surface area contributed by atoms with E-state index in [2.05, 4.69) is 12.2 Å². The highest BCUT2D eigenvalue weighted by Gasteiger charge is 2.45. The Morgan fingerprint density at radius 2 is 2.18 bits per heavy atom. The Labute approximate surface area is 106 Å². The molecule has 0 aliphatic carbocycles. The van der Waals surface area contributed by atoms with Gasteiger partial charge in [-0.2, -0.15) is 0 Å². The van der Waals surface area contributed by atoms with E-state index >= 15 is 0 Å². The van der Waals surface area contributed by atoms with Crippen molar-refractivity contribution in [2.24, 2.45) is 5.92 Å². The minimum absolute atomic E-state index is 0.244. The molecule has 0 saturated carbocycles. The molecule has 1 aromatic carbocycles. The summed E-state index contributed by atoms with van der Waals surface area (Å²) in [6.45, 7) is 2.54. The zero-order chi connectivity index (χ0) is 12.5. The molecule has 3 nitrogen and oxygen atoms in total. The maximum atomic E-state index is 12.1. The van der Waals surface area contributed by atoms with Crippen molar-refractivity contribution in [1.29, 1.82) is 0 Å². The van der Waals surface area contributed by atoms with E-state index in [0.29, 0.717) is 24.0 Å². The standard InChI is InChI=1S/C13H16ClNO2/c1-9-7-13(15-2,12(16)17-8-9)10-5-3-4-6-11(10)14/h3-6,9,15H,7-8H2,1-2H3/t9-,13+/m0/s1. The van der Waals surface area contributed by atoms with Crippen molar-refractivity contribution in [3.05, 3.63) is 34.9 Å². The van der Waals surface area contributed by atoms with Crippen molar-refractivity contribution in [3.8, 4) is 0 Å². The molecule has 2 rings (SSSR count).